The summed E-state index contributed by atoms with van der Waals surface area (Å²) in [5.41, 5.74) is 2.58. The van der Waals surface area contributed by atoms with Crippen molar-refractivity contribution in [3.05, 3.63) is 47.3 Å². The number of hydrogen-bond acceptors (Lipinski definition) is 5. The molecule has 0 bridgehead atoms. The fourth-order valence-electron chi connectivity index (χ4n) is 2.29. The van der Waals surface area contributed by atoms with Crippen molar-refractivity contribution < 1.29 is 18.0 Å². The number of benzene rings is 1. The first-order chi connectivity index (χ1) is 12.1. The van der Waals surface area contributed by atoms with E-state index in [1.54, 1.807) is 12.1 Å². The number of hydrogen-bond donors (Lipinski definition) is 1. The van der Waals surface area contributed by atoms with E-state index in [1.807, 2.05) is 38.5 Å². The Kier molecular flexibility index (Phi) is 5.97. The summed E-state index contributed by atoms with van der Waals surface area (Å²) >= 11 is 0. The number of ketones is 1. The maximum atomic E-state index is 12.2. The van der Waals surface area contributed by atoms with Crippen molar-refractivity contribution in [2.45, 2.75) is 51.5 Å². The molecule has 1 amide bonds. The van der Waals surface area contributed by atoms with Crippen LogP contribution in [0.3, 0.4) is 0 Å². The van der Waals surface area contributed by atoms with Crippen LogP contribution in [0.25, 0.3) is 0 Å². The number of sulfonamides is 1. The number of amides is 1. The van der Waals surface area contributed by atoms with Gasteiger partial charge in [0.05, 0.1) is 6.20 Å². The molecule has 2 aromatic rings. The Morgan fingerprint density at radius 2 is 1.85 bits per heavy atom. The first kappa shape index (κ1) is 19.8. The summed E-state index contributed by atoms with van der Waals surface area (Å²) in [6.07, 6.45) is 2.29. The molecular formula is C18H23N3O4S. The van der Waals surface area contributed by atoms with Crippen molar-refractivity contribution >= 4 is 21.7 Å². The second-order valence-corrected chi connectivity index (χ2v) is 8.18. The Hall–Kier alpha value is -2.48. The summed E-state index contributed by atoms with van der Waals surface area (Å²) < 4.78 is 27.9. The molecule has 0 saturated heterocycles. The van der Waals surface area contributed by atoms with Gasteiger partial charge in [-0.15, -0.1) is 0 Å². The lowest BCUT2D eigenvalue weighted by molar-refractivity contribution is -0.119. The lowest BCUT2D eigenvalue weighted by Gasteiger charge is -2.07. The van der Waals surface area contributed by atoms with Crippen LogP contribution in [-0.4, -0.2) is 29.9 Å². The van der Waals surface area contributed by atoms with Gasteiger partial charge < -0.3 is 0 Å². The molecule has 1 N–H and O–H groups in total. The highest BCUT2D eigenvalue weighted by molar-refractivity contribution is 7.90. The Bertz CT molecular complexity index is 930. The Morgan fingerprint density at radius 1 is 1.15 bits per heavy atom. The zero-order valence-electron chi connectivity index (χ0n) is 15.3. The minimum absolute atomic E-state index is 0.00485. The molecule has 0 radical (unpaired) electrons. The molecular weight excluding hydrogens is 354 g/mol. The van der Waals surface area contributed by atoms with Gasteiger partial charge in [-0.3, -0.25) is 14.3 Å². The molecule has 26 heavy (non-hydrogen) atoms. The summed E-state index contributed by atoms with van der Waals surface area (Å²) in [4.78, 5) is 24.1. The van der Waals surface area contributed by atoms with Gasteiger partial charge in [0.2, 0.25) is 5.91 Å². The van der Waals surface area contributed by atoms with Gasteiger partial charge in [-0.2, -0.15) is 5.10 Å². The van der Waals surface area contributed by atoms with Crippen molar-refractivity contribution in [1.29, 1.82) is 0 Å². The van der Waals surface area contributed by atoms with Gasteiger partial charge in [0.25, 0.3) is 10.0 Å². The number of carbonyl (C=O) groups excluding carboxylic acids is 2. The van der Waals surface area contributed by atoms with E-state index in [1.165, 1.54) is 17.1 Å². The predicted molar refractivity (Wildman–Crippen MR) is 97.4 cm³/mol. The summed E-state index contributed by atoms with van der Waals surface area (Å²) in [6, 6.07) is 5.33. The summed E-state index contributed by atoms with van der Waals surface area (Å²) in [7, 11) is -3.99. The third-order valence-corrected chi connectivity index (χ3v) is 5.40. The zero-order chi connectivity index (χ0) is 19.5. The average molecular weight is 377 g/mol. The van der Waals surface area contributed by atoms with Crippen molar-refractivity contribution in [3.63, 3.8) is 0 Å². The van der Waals surface area contributed by atoms with Gasteiger partial charge >= 0.3 is 0 Å². The fourth-order valence-corrected chi connectivity index (χ4v) is 3.24. The molecule has 0 aliphatic heterocycles. The maximum Gasteiger partial charge on any atom is 0.267 e. The Labute approximate surface area is 153 Å². The fraction of sp³-hybridized carbons (Fsp3) is 0.389. The van der Waals surface area contributed by atoms with Gasteiger partial charge in [0, 0.05) is 30.6 Å². The van der Waals surface area contributed by atoms with Crippen molar-refractivity contribution in [3.8, 4) is 0 Å². The highest BCUT2D eigenvalue weighted by atomic mass is 32.2. The number of aryl methyl sites for hydroxylation is 2. The van der Waals surface area contributed by atoms with Gasteiger partial charge in [0.1, 0.15) is 4.90 Å². The first-order valence-electron chi connectivity index (χ1n) is 8.30. The number of nitrogens with one attached hydrogen (secondary N) is 1. The van der Waals surface area contributed by atoms with E-state index in [-0.39, 0.29) is 29.6 Å². The van der Waals surface area contributed by atoms with E-state index < -0.39 is 15.9 Å². The van der Waals surface area contributed by atoms with Gasteiger partial charge in [-0.05, 0) is 44.9 Å². The molecule has 2 rings (SSSR count). The minimum atomic E-state index is -3.99. The number of nitrogens with zero attached hydrogens (tertiary/aromatic N) is 2. The lowest BCUT2D eigenvalue weighted by atomic mass is 10.0. The number of aromatic nitrogens is 2. The minimum Gasteiger partial charge on any atom is -0.294 e. The van der Waals surface area contributed by atoms with E-state index in [0.717, 1.165) is 11.1 Å². The second-order valence-electron chi connectivity index (χ2n) is 6.50. The quantitative estimate of drug-likeness (QED) is 0.748. The van der Waals surface area contributed by atoms with E-state index in [0.29, 0.717) is 5.56 Å². The molecule has 1 aromatic carbocycles. The van der Waals surface area contributed by atoms with Crippen LogP contribution in [0.1, 0.15) is 54.2 Å². The van der Waals surface area contributed by atoms with Crippen LogP contribution in [0.4, 0.5) is 0 Å². The van der Waals surface area contributed by atoms with Gasteiger partial charge in [-0.1, -0.05) is 12.1 Å². The largest absolute Gasteiger partial charge is 0.294 e. The van der Waals surface area contributed by atoms with Crippen LogP contribution >= 0.6 is 0 Å². The molecule has 0 spiro atoms. The average Bonchev–Trinajstić information content (AvgIpc) is 3.06. The zero-order valence-corrected chi connectivity index (χ0v) is 16.1. The maximum absolute atomic E-state index is 12.2. The molecule has 0 fully saturated rings. The molecule has 0 saturated carbocycles. The highest BCUT2D eigenvalue weighted by Gasteiger charge is 2.21. The lowest BCUT2D eigenvalue weighted by Crippen LogP contribution is -2.30. The van der Waals surface area contributed by atoms with E-state index in [2.05, 4.69) is 5.10 Å². The molecule has 8 heteroatoms. The van der Waals surface area contributed by atoms with Crippen LogP contribution < -0.4 is 4.72 Å². The third-order valence-electron chi connectivity index (χ3n) is 4.07. The molecule has 1 aromatic heterocycles. The van der Waals surface area contributed by atoms with Gasteiger partial charge in [-0.25, -0.2) is 13.1 Å². The molecule has 0 aliphatic carbocycles. The molecule has 0 unspecified atom stereocenters. The van der Waals surface area contributed by atoms with Crippen LogP contribution in [0, 0.1) is 13.8 Å². The number of carbonyl (C=O) groups is 2. The summed E-state index contributed by atoms with van der Waals surface area (Å²) in [5.74, 6) is -0.923. The Balaban J connectivity index is 1.96. The van der Waals surface area contributed by atoms with Crippen LogP contribution in [-0.2, 0) is 14.8 Å². The molecule has 7 nitrogen and oxygen atoms in total. The van der Waals surface area contributed by atoms with Gasteiger partial charge in [0.15, 0.2) is 5.78 Å². The highest BCUT2D eigenvalue weighted by Crippen LogP contribution is 2.14. The van der Waals surface area contributed by atoms with Crippen LogP contribution in [0.15, 0.2) is 35.5 Å². The monoisotopic (exact) mass is 377 g/mol. The van der Waals surface area contributed by atoms with Crippen molar-refractivity contribution in [1.82, 2.24) is 14.5 Å². The Morgan fingerprint density at radius 3 is 2.42 bits per heavy atom. The van der Waals surface area contributed by atoms with Crippen LogP contribution in [0.5, 0.6) is 0 Å². The summed E-state index contributed by atoms with van der Waals surface area (Å²) in [6.45, 7) is 7.58. The molecule has 0 aliphatic rings. The SMILES string of the molecule is Cc1ccc(C(=O)CCC(=O)NS(=O)(=O)c2cnn(C(C)C)c2)cc1C. The standard InChI is InChI=1S/C18H23N3O4S/c1-12(2)21-11-16(10-19-21)26(24,25)20-18(23)8-7-17(22)15-6-5-13(3)14(4)9-15/h5-6,9-12H,7-8H2,1-4H3,(H,20,23). The number of rotatable bonds is 7. The van der Waals surface area contributed by atoms with Crippen molar-refractivity contribution in [2.75, 3.05) is 0 Å². The third kappa shape index (κ3) is 4.78. The molecule has 140 valence electrons. The summed E-state index contributed by atoms with van der Waals surface area (Å²) in [5, 5.41) is 3.95. The van der Waals surface area contributed by atoms with E-state index >= 15 is 0 Å². The van der Waals surface area contributed by atoms with E-state index in [4.69, 9.17) is 0 Å². The molecule has 0 atom stereocenters. The molecule has 1 heterocycles. The van der Waals surface area contributed by atoms with Crippen molar-refractivity contribution in [2.24, 2.45) is 0 Å². The topological polar surface area (TPSA) is 98.1 Å². The second kappa shape index (κ2) is 7.82. The predicted octanol–water partition coefficient (Wildman–Crippen LogP) is 2.55. The van der Waals surface area contributed by atoms with Crippen LogP contribution in [0.2, 0.25) is 0 Å². The smallest absolute Gasteiger partial charge is 0.267 e. The first-order valence-corrected chi connectivity index (χ1v) is 9.78. The van der Waals surface area contributed by atoms with E-state index in [9.17, 15) is 18.0 Å². The normalized spacial score (nSPS) is 11.6. The number of Topliss-reactive ketones (excluding diaryl/α,β-unsaturated/α-hetero) is 1.